The summed E-state index contributed by atoms with van der Waals surface area (Å²) >= 11 is 0. The molecule has 0 atom stereocenters. The minimum absolute atomic E-state index is 0.172. The zero-order chi connectivity index (χ0) is 19.0. The molecule has 26 heavy (non-hydrogen) atoms. The molecule has 0 unspecified atom stereocenters. The van der Waals surface area contributed by atoms with Crippen LogP contribution in [-0.2, 0) is 9.84 Å². The summed E-state index contributed by atoms with van der Waals surface area (Å²) in [4.78, 5) is 6.36. The minimum atomic E-state index is -3.67. The Morgan fingerprint density at radius 2 is 2.00 bits per heavy atom. The van der Waals surface area contributed by atoms with Crippen LogP contribution in [-0.4, -0.2) is 64.3 Å². The third-order valence-corrected chi connectivity index (χ3v) is 6.27. The molecule has 0 aliphatic carbocycles. The van der Waals surface area contributed by atoms with Crippen molar-refractivity contribution in [2.45, 2.75) is 37.1 Å². The highest BCUT2D eigenvalue weighted by Gasteiger charge is 2.21. The first kappa shape index (κ1) is 20.6. The lowest BCUT2D eigenvalue weighted by molar-refractivity contribution is 0.206. The molecule has 0 radical (unpaired) electrons. The van der Waals surface area contributed by atoms with Crippen molar-refractivity contribution in [3.63, 3.8) is 0 Å². The highest BCUT2D eigenvalue weighted by molar-refractivity contribution is 7.91. The standard InChI is InChI=1S/C18H29FN4O2S/c1-3-11-23-12-8-15(9-13-23)22-18(20-2)21-10-14-26(24,25)17-7-5-4-6-16(17)19/h4-7,15H,3,8-14H2,1-2H3,(H2,20,21,22). The number of hydrogen-bond acceptors (Lipinski definition) is 4. The summed E-state index contributed by atoms with van der Waals surface area (Å²) < 4.78 is 38.2. The number of hydrogen-bond donors (Lipinski definition) is 2. The quantitative estimate of drug-likeness (QED) is 0.552. The van der Waals surface area contributed by atoms with Crippen LogP contribution in [0.1, 0.15) is 26.2 Å². The fourth-order valence-corrected chi connectivity index (χ4v) is 4.36. The van der Waals surface area contributed by atoms with Crippen LogP contribution < -0.4 is 10.6 Å². The van der Waals surface area contributed by atoms with Crippen LogP contribution in [0.5, 0.6) is 0 Å². The lowest BCUT2D eigenvalue weighted by Crippen LogP contribution is -2.49. The molecule has 2 N–H and O–H groups in total. The van der Waals surface area contributed by atoms with E-state index in [-0.39, 0.29) is 17.2 Å². The number of nitrogens with one attached hydrogen (secondary N) is 2. The highest BCUT2D eigenvalue weighted by atomic mass is 32.2. The molecule has 0 bridgehead atoms. The minimum Gasteiger partial charge on any atom is -0.355 e. The van der Waals surface area contributed by atoms with Crippen molar-refractivity contribution in [1.29, 1.82) is 0 Å². The van der Waals surface area contributed by atoms with Crippen molar-refractivity contribution in [2.75, 3.05) is 39.0 Å². The molecular weight excluding hydrogens is 355 g/mol. The predicted octanol–water partition coefficient (Wildman–Crippen LogP) is 1.64. The molecule has 0 spiro atoms. The lowest BCUT2D eigenvalue weighted by Gasteiger charge is -2.32. The molecule has 146 valence electrons. The van der Waals surface area contributed by atoms with E-state index in [9.17, 15) is 12.8 Å². The van der Waals surface area contributed by atoms with Crippen LogP contribution in [0.4, 0.5) is 4.39 Å². The third-order valence-electron chi connectivity index (χ3n) is 4.53. The van der Waals surface area contributed by atoms with Crippen LogP contribution in [0.3, 0.4) is 0 Å². The fourth-order valence-electron chi connectivity index (χ4n) is 3.12. The van der Waals surface area contributed by atoms with Gasteiger partial charge in [-0.2, -0.15) is 0 Å². The van der Waals surface area contributed by atoms with Crippen LogP contribution in [0.2, 0.25) is 0 Å². The summed E-state index contributed by atoms with van der Waals surface area (Å²) in [6, 6.07) is 5.78. The molecule has 1 aliphatic heterocycles. The van der Waals surface area contributed by atoms with Crippen LogP contribution in [0.25, 0.3) is 0 Å². The van der Waals surface area contributed by atoms with Gasteiger partial charge in [0.15, 0.2) is 15.8 Å². The zero-order valence-electron chi connectivity index (χ0n) is 15.5. The number of benzene rings is 1. The number of likely N-dealkylation sites (tertiary alicyclic amines) is 1. The van der Waals surface area contributed by atoms with Gasteiger partial charge in [0.25, 0.3) is 0 Å². The molecule has 0 aromatic heterocycles. The van der Waals surface area contributed by atoms with Crippen molar-refractivity contribution in [1.82, 2.24) is 15.5 Å². The Kier molecular flexibility index (Phi) is 7.84. The van der Waals surface area contributed by atoms with Crippen LogP contribution in [0.15, 0.2) is 34.2 Å². The summed E-state index contributed by atoms with van der Waals surface area (Å²) in [7, 11) is -2.01. The lowest BCUT2D eigenvalue weighted by atomic mass is 10.1. The molecule has 0 amide bonds. The number of nitrogens with zero attached hydrogens (tertiary/aromatic N) is 2. The fraction of sp³-hybridized carbons (Fsp3) is 0.611. The maximum absolute atomic E-state index is 13.7. The Bertz CT molecular complexity index is 701. The molecule has 0 saturated carbocycles. The van der Waals surface area contributed by atoms with Gasteiger partial charge in [-0.1, -0.05) is 19.1 Å². The van der Waals surface area contributed by atoms with E-state index in [0.29, 0.717) is 12.0 Å². The second kappa shape index (κ2) is 9.87. The maximum atomic E-state index is 13.7. The monoisotopic (exact) mass is 384 g/mol. The molecule has 1 heterocycles. The average molecular weight is 385 g/mol. The van der Waals surface area contributed by atoms with Crippen molar-refractivity contribution < 1.29 is 12.8 Å². The molecule has 1 fully saturated rings. The van der Waals surface area contributed by atoms with E-state index >= 15 is 0 Å². The smallest absolute Gasteiger partial charge is 0.191 e. The van der Waals surface area contributed by atoms with E-state index in [1.165, 1.54) is 18.2 Å². The number of aliphatic imine (C=N–C) groups is 1. The van der Waals surface area contributed by atoms with Gasteiger partial charge in [0.2, 0.25) is 0 Å². The van der Waals surface area contributed by atoms with Crippen molar-refractivity contribution in [3.05, 3.63) is 30.1 Å². The van der Waals surface area contributed by atoms with Gasteiger partial charge in [-0.3, -0.25) is 4.99 Å². The predicted molar refractivity (Wildman–Crippen MR) is 103 cm³/mol. The normalized spacial score (nSPS) is 17.3. The SMILES string of the molecule is CCCN1CCC(NC(=NC)NCCS(=O)(=O)c2ccccc2F)CC1. The second-order valence-electron chi connectivity index (χ2n) is 6.51. The number of piperidine rings is 1. The van der Waals surface area contributed by atoms with Gasteiger partial charge in [-0.15, -0.1) is 0 Å². The van der Waals surface area contributed by atoms with E-state index in [4.69, 9.17) is 0 Å². The molecule has 1 aromatic rings. The Morgan fingerprint density at radius 3 is 2.62 bits per heavy atom. The Labute approximate surface area is 155 Å². The zero-order valence-corrected chi connectivity index (χ0v) is 16.4. The van der Waals surface area contributed by atoms with Gasteiger partial charge in [-0.25, -0.2) is 12.8 Å². The van der Waals surface area contributed by atoms with E-state index in [0.717, 1.165) is 45.0 Å². The summed E-state index contributed by atoms with van der Waals surface area (Å²) in [5, 5.41) is 6.37. The maximum Gasteiger partial charge on any atom is 0.191 e. The number of sulfone groups is 1. The van der Waals surface area contributed by atoms with E-state index in [1.807, 2.05) is 0 Å². The first-order valence-electron chi connectivity index (χ1n) is 9.13. The number of guanidine groups is 1. The summed E-state index contributed by atoms with van der Waals surface area (Å²) in [5.74, 6) is -0.319. The Morgan fingerprint density at radius 1 is 1.31 bits per heavy atom. The molecule has 1 aromatic carbocycles. The molecule has 1 aliphatic rings. The van der Waals surface area contributed by atoms with Crippen molar-refractivity contribution >= 4 is 15.8 Å². The largest absolute Gasteiger partial charge is 0.355 e. The number of rotatable bonds is 7. The Hall–Kier alpha value is -1.67. The second-order valence-corrected chi connectivity index (χ2v) is 8.59. The first-order valence-corrected chi connectivity index (χ1v) is 10.8. The van der Waals surface area contributed by atoms with Gasteiger partial charge < -0.3 is 15.5 Å². The summed E-state index contributed by atoms with van der Waals surface area (Å²) in [6.07, 6.45) is 3.24. The molecule has 1 saturated heterocycles. The first-order chi connectivity index (χ1) is 12.5. The Balaban J connectivity index is 1.80. The van der Waals surface area contributed by atoms with Crippen LogP contribution >= 0.6 is 0 Å². The molecule has 2 rings (SSSR count). The topological polar surface area (TPSA) is 73.8 Å². The van der Waals surface area contributed by atoms with Gasteiger partial charge in [0, 0.05) is 32.7 Å². The molecule has 8 heteroatoms. The van der Waals surface area contributed by atoms with Gasteiger partial charge in [0.05, 0.1) is 5.75 Å². The average Bonchev–Trinajstić information content (AvgIpc) is 2.62. The van der Waals surface area contributed by atoms with Crippen LogP contribution in [0, 0.1) is 5.82 Å². The van der Waals surface area contributed by atoms with Gasteiger partial charge in [0.1, 0.15) is 10.7 Å². The summed E-state index contributed by atoms with van der Waals surface area (Å²) in [5.41, 5.74) is 0. The highest BCUT2D eigenvalue weighted by Crippen LogP contribution is 2.15. The summed E-state index contributed by atoms with van der Waals surface area (Å²) in [6.45, 7) is 5.61. The van der Waals surface area contributed by atoms with E-state index < -0.39 is 15.7 Å². The van der Waals surface area contributed by atoms with Gasteiger partial charge >= 0.3 is 0 Å². The van der Waals surface area contributed by atoms with Crippen molar-refractivity contribution in [2.24, 2.45) is 4.99 Å². The number of halogens is 1. The van der Waals surface area contributed by atoms with Crippen molar-refractivity contribution in [3.8, 4) is 0 Å². The molecule has 6 nitrogen and oxygen atoms in total. The van der Waals surface area contributed by atoms with Gasteiger partial charge in [-0.05, 0) is 37.9 Å². The van der Waals surface area contributed by atoms with E-state index in [1.54, 1.807) is 7.05 Å². The molecular formula is C18H29FN4O2S. The third kappa shape index (κ3) is 5.95. The van der Waals surface area contributed by atoms with E-state index in [2.05, 4.69) is 27.4 Å².